The molecule has 0 spiro atoms. The third kappa shape index (κ3) is 4.39. The molecule has 0 unspecified atom stereocenters. The van der Waals surface area contributed by atoms with E-state index in [0.29, 0.717) is 11.6 Å². The van der Waals surface area contributed by atoms with E-state index in [0.717, 1.165) is 24.2 Å². The monoisotopic (exact) mass is 298 g/mol. The number of rotatable bonds is 6. The Morgan fingerprint density at radius 3 is 2.50 bits per heavy atom. The molecule has 1 atom stereocenters. The van der Waals surface area contributed by atoms with E-state index in [9.17, 15) is 9.90 Å². The van der Waals surface area contributed by atoms with Crippen molar-refractivity contribution in [3.8, 4) is 0 Å². The van der Waals surface area contributed by atoms with Crippen molar-refractivity contribution in [1.82, 2.24) is 4.90 Å². The molecule has 112 valence electrons. The van der Waals surface area contributed by atoms with Crippen molar-refractivity contribution in [1.29, 1.82) is 0 Å². The number of halogens is 1. The van der Waals surface area contributed by atoms with E-state index in [4.69, 9.17) is 11.6 Å². The van der Waals surface area contributed by atoms with Crippen molar-refractivity contribution in [2.75, 3.05) is 32.1 Å². The molecule has 0 saturated carbocycles. The van der Waals surface area contributed by atoms with Crippen molar-refractivity contribution in [2.24, 2.45) is 0 Å². The summed E-state index contributed by atoms with van der Waals surface area (Å²) in [5.41, 5.74) is 1.60. The van der Waals surface area contributed by atoms with Gasteiger partial charge in [0.2, 0.25) is 5.91 Å². The van der Waals surface area contributed by atoms with Crippen LogP contribution in [0.25, 0.3) is 0 Å². The zero-order valence-electron chi connectivity index (χ0n) is 12.6. The molecule has 4 nitrogen and oxygen atoms in total. The molecule has 1 N–H and O–H groups in total. The van der Waals surface area contributed by atoms with Gasteiger partial charge in [-0.25, -0.2) is 0 Å². The molecule has 0 aliphatic carbocycles. The van der Waals surface area contributed by atoms with Crippen LogP contribution in [0.4, 0.5) is 5.69 Å². The van der Waals surface area contributed by atoms with E-state index >= 15 is 0 Å². The van der Waals surface area contributed by atoms with E-state index < -0.39 is 6.10 Å². The zero-order chi connectivity index (χ0) is 15.3. The molecule has 1 aromatic rings. The van der Waals surface area contributed by atoms with Gasteiger partial charge in [0.15, 0.2) is 0 Å². The van der Waals surface area contributed by atoms with Gasteiger partial charge in [0.25, 0.3) is 0 Å². The van der Waals surface area contributed by atoms with Crippen LogP contribution in [0.3, 0.4) is 0 Å². The van der Waals surface area contributed by atoms with Gasteiger partial charge in [0.1, 0.15) is 0 Å². The molecule has 0 aromatic heterocycles. The zero-order valence-corrected chi connectivity index (χ0v) is 13.3. The SMILES string of the molecule is CCCN(CC(=O)N(C)C)c1ccc([C@H](C)O)cc1Cl. The summed E-state index contributed by atoms with van der Waals surface area (Å²) in [6.07, 6.45) is 0.374. The molecule has 0 aliphatic heterocycles. The maximum absolute atomic E-state index is 11.9. The number of nitrogens with zero attached hydrogens (tertiary/aromatic N) is 2. The summed E-state index contributed by atoms with van der Waals surface area (Å²) in [5.74, 6) is 0.0362. The standard InChI is InChI=1S/C15H23ClN2O2/c1-5-8-18(10-15(20)17(3)4)14-7-6-12(11(2)19)9-13(14)16/h6-7,9,11,19H,5,8,10H2,1-4H3/t11-/m0/s1. The fourth-order valence-corrected chi connectivity index (χ4v) is 2.21. The number of hydrogen-bond acceptors (Lipinski definition) is 3. The smallest absolute Gasteiger partial charge is 0.241 e. The largest absolute Gasteiger partial charge is 0.389 e. The summed E-state index contributed by atoms with van der Waals surface area (Å²) in [4.78, 5) is 15.4. The van der Waals surface area contributed by atoms with Gasteiger partial charge in [-0.15, -0.1) is 0 Å². The molecular weight excluding hydrogens is 276 g/mol. The molecule has 1 aromatic carbocycles. The van der Waals surface area contributed by atoms with Gasteiger partial charge >= 0.3 is 0 Å². The number of carbonyl (C=O) groups excluding carboxylic acids is 1. The van der Waals surface area contributed by atoms with E-state index in [1.165, 1.54) is 0 Å². The quantitative estimate of drug-likeness (QED) is 0.878. The van der Waals surface area contributed by atoms with Crippen molar-refractivity contribution in [2.45, 2.75) is 26.4 Å². The van der Waals surface area contributed by atoms with Crippen LogP contribution in [0.5, 0.6) is 0 Å². The Labute approximate surface area is 125 Å². The number of likely N-dealkylation sites (N-methyl/N-ethyl adjacent to an activating group) is 1. The van der Waals surface area contributed by atoms with Crippen molar-refractivity contribution in [3.05, 3.63) is 28.8 Å². The van der Waals surface area contributed by atoms with E-state index in [1.807, 2.05) is 17.0 Å². The predicted octanol–water partition coefficient (Wildman–Crippen LogP) is 2.70. The maximum Gasteiger partial charge on any atom is 0.241 e. The Bertz CT molecular complexity index is 461. The topological polar surface area (TPSA) is 43.8 Å². The first-order valence-corrected chi connectivity index (χ1v) is 7.17. The highest BCUT2D eigenvalue weighted by atomic mass is 35.5. The number of anilines is 1. The summed E-state index contributed by atoms with van der Waals surface area (Å²) < 4.78 is 0. The summed E-state index contributed by atoms with van der Waals surface area (Å²) in [7, 11) is 3.48. The average Bonchev–Trinajstić information content (AvgIpc) is 2.37. The Morgan fingerprint density at radius 1 is 1.40 bits per heavy atom. The number of carbonyl (C=O) groups is 1. The molecule has 5 heteroatoms. The molecule has 0 bridgehead atoms. The minimum Gasteiger partial charge on any atom is -0.389 e. The average molecular weight is 299 g/mol. The van der Waals surface area contributed by atoms with Crippen LogP contribution in [0.1, 0.15) is 31.9 Å². The lowest BCUT2D eigenvalue weighted by Crippen LogP contribution is -2.37. The summed E-state index contributed by atoms with van der Waals surface area (Å²) in [6, 6.07) is 5.46. The number of hydrogen-bond donors (Lipinski definition) is 1. The van der Waals surface area contributed by atoms with Crippen LogP contribution in [0.15, 0.2) is 18.2 Å². The third-order valence-electron chi connectivity index (χ3n) is 3.11. The number of benzene rings is 1. The van der Waals surface area contributed by atoms with Gasteiger partial charge in [-0.1, -0.05) is 24.6 Å². The molecule has 0 aliphatic rings. The van der Waals surface area contributed by atoms with Gasteiger partial charge in [0, 0.05) is 20.6 Å². The fourth-order valence-electron chi connectivity index (χ4n) is 1.90. The van der Waals surface area contributed by atoms with Crippen LogP contribution in [-0.2, 0) is 4.79 Å². The second-order valence-corrected chi connectivity index (χ2v) is 5.50. The Balaban J connectivity index is 2.99. The molecule has 1 amide bonds. The predicted molar refractivity (Wildman–Crippen MR) is 83.3 cm³/mol. The first-order chi connectivity index (χ1) is 9.36. The van der Waals surface area contributed by atoms with Crippen molar-refractivity contribution >= 4 is 23.2 Å². The number of aliphatic hydroxyl groups excluding tert-OH is 1. The van der Waals surface area contributed by atoms with Crippen molar-refractivity contribution in [3.63, 3.8) is 0 Å². The normalized spacial score (nSPS) is 12.1. The summed E-state index contributed by atoms with van der Waals surface area (Å²) in [6.45, 7) is 4.82. The van der Waals surface area contributed by atoms with Gasteiger partial charge in [-0.3, -0.25) is 4.79 Å². The Morgan fingerprint density at radius 2 is 2.05 bits per heavy atom. The first kappa shape index (κ1) is 16.8. The number of aliphatic hydroxyl groups is 1. The van der Waals surface area contributed by atoms with Crippen LogP contribution in [-0.4, -0.2) is 43.1 Å². The minimum atomic E-state index is -0.551. The highest BCUT2D eigenvalue weighted by molar-refractivity contribution is 6.33. The summed E-state index contributed by atoms with van der Waals surface area (Å²) in [5, 5.41) is 10.1. The molecule has 1 rings (SSSR count). The lowest BCUT2D eigenvalue weighted by molar-refractivity contribution is -0.127. The molecule has 20 heavy (non-hydrogen) atoms. The summed E-state index contributed by atoms with van der Waals surface area (Å²) >= 11 is 6.29. The molecular formula is C15H23ClN2O2. The van der Waals surface area contributed by atoms with E-state index in [-0.39, 0.29) is 5.91 Å². The van der Waals surface area contributed by atoms with E-state index in [1.54, 1.807) is 32.0 Å². The fraction of sp³-hybridized carbons (Fsp3) is 0.533. The molecule has 0 fully saturated rings. The van der Waals surface area contributed by atoms with Crippen LogP contribution in [0.2, 0.25) is 5.02 Å². The number of amides is 1. The molecule has 0 radical (unpaired) electrons. The third-order valence-corrected chi connectivity index (χ3v) is 3.42. The van der Waals surface area contributed by atoms with Gasteiger partial charge in [0.05, 0.1) is 23.4 Å². The minimum absolute atomic E-state index is 0.0362. The Kier molecular flexibility index (Phi) is 6.30. The van der Waals surface area contributed by atoms with Crippen molar-refractivity contribution < 1.29 is 9.90 Å². The highest BCUT2D eigenvalue weighted by Gasteiger charge is 2.16. The Hall–Kier alpha value is -1.26. The molecule has 0 heterocycles. The van der Waals surface area contributed by atoms with Crippen LogP contribution in [0, 0.1) is 0 Å². The van der Waals surface area contributed by atoms with E-state index in [2.05, 4.69) is 6.92 Å². The highest BCUT2D eigenvalue weighted by Crippen LogP contribution is 2.29. The maximum atomic E-state index is 11.9. The van der Waals surface area contributed by atoms with Gasteiger partial charge in [-0.05, 0) is 31.0 Å². The van der Waals surface area contributed by atoms with Crippen LogP contribution < -0.4 is 4.90 Å². The van der Waals surface area contributed by atoms with Gasteiger partial charge in [-0.2, -0.15) is 0 Å². The lowest BCUT2D eigenvalue weighted by atomic mass is 10.1. The second-order valence-electron chi connectivity index (χ2n) is 5.10. The second kappa shape index (κ2) is 7.50. The first-order valence-electron chi connectivity index (χ1n) is 6.79. The van der Waals surface area contributed by atoms with Crippen LogP contribution >= 0.6 is 11.6 Å². The lowest BCUT2D eigenvalue weighted by Gasteiger charge is -2.26. The molecule has 0 saturated heterocycles. The van der Waals surface area contributed by atoms with Gasteiger partial charge < -0.3 is 14.9 Å².